The summed E-state index contributed by atoms with van der Waals surface area (Å²) in [5, 5.41) is 2.07. The Morgan fingerprint density at radius 1 is 1.04 bits per heavy atom. The van der Waals surface area contributed by atoms with E-state index in [4.69, 9.17) is 4.74 Å². The van der Waals surface area contributed by atoms with Gasteiger partial charge >= 0.3 is 0 Å². The molecule has 0 aliphatic carbocycles. The molecule has 0 unspecified atom stereocenters. The number of piperidine rings is 1. The van der Waals surface area contributed by atoms with Crippen molar-refractivity contribution in [2.75, 3.05) is 13.1 Å². The minimum absolute atomic E-state index is 0.0167. The maximum absolute atomic E-state index is 13.0. The summed E-state index contributed by atoms with van der Waals surface area (Å²) in [6.45, 7) is 3.19. The Morgan fingerprint density at radius 3 is 2.50 bits per heavy atom. The van der Waals surface area contributed by atoms with Crippen molar-refractivity contribution in [3.05, 3.63) is 76.2 Å². The number of nitrogens with zero attached hydrogens (tertiary/aromatic N) is 2. The third-order valence-corrected chi connectivity index (χ3v) is 5.53. The minimum atomic E-state index is -0.0708. The van der Waals surface area contributed by atoms with Crippen LogP contribution in [-0.2, 0) is 7.05 Å². The molecule has 0 saturated carbocycles. The minimum Gasteiger partial charge on any atom is -0.490 e. The molecule has 2 aromatic carbocycles. The molecule has 1 fully saturated rings. The lowest BCUT2D eigenvalue weighted by Gasteiger charge is -2.32. The zero-order valence-corrected chi connectivity index (χ0v) is 16.2. The average molecular weight is 376 g/mol. The number of hydrogen-bond donors (Lipinski definition) is 0. The fourth-order valence-corrected chi connectivity index (χ4v) is 3.76. The van der Waals surface area contributed by atoms with Crippen molar-refractivity contribution in [2.45, 2.75) is 25.9 Å². The molecule has 28 heavy (non-hydrogen) atoms. The van der Waals surface area contributed by atoms with Gasteiger partial charge in [-0.05, 0) is 29.8 Å². The molecule has 1 amide bonds. The predicted octanol–water partition coefficient (Wildman–Crippen LogP) is 3.53. The fraction of sp³-hybridized carbons (Fsp3) is 0.304. The van der Waals surface area contributed by atoms with Crippen LogP contribution in [0.15, 0.2) is 59.4 Å². The molecule has 2 heterocycles. The summed E-state index contributed by atoms with van der Waals surface area (Å²) >= 11 is 0. The largest absolute Gasteiger partial charge is 0.490 e. The van der Waals surface area contributed by atoms with Crippen LogP contribution in [0.2, 0.25) is 0 Å². The average Bonchev–Trinajstić information content (AvgIpc) is 2.71. The van der Waals surface area contributed by atoms with E-state index in [0.29, 0.717) is 18.8 Å². The van der Waals surface area contributed by atoms with Crippen molar-refractivity contribution >= 4 is 16.7 Å². The summed E-state index contributed by atoms with van der Waals surface area (Å²) in [4.78, 5) is 26.9. The van der Waals surface area contributed by atoms with Gasteiger partial charge in [-0.15, -0.1) is 0 Å². The van der Waals surface area contributed by atoms with E-state index in [1.807, 2.05) is 60.4 Å². The topological polar surface area (TPSA) is 51.5 Å². The second kappa shape index (κ2) is 7.50. The van der Waals surface area contributed by atoms with E-state index in [9.17, 15) is 9.59 Å². The van der Waals surface area contributed by atoms with Gasteiger partial charge in [0.25, 0.3) is 11.5 Å². The number of hydrogen-bond acceptors (Lipinski definition) is 3. The highest BCUT2D eigenvalue weighted by molar-refractivity contribution is 6.07. The fourth-order valence-electron chi connectivity index (χ4n) is 3.76. The highest BCUT2D eigenvalue weighted by Gasteiger charge is 2.25. The predicted molar refractivity (Wildman–Crippen MR) is 110 cm³/mol. The van der Waals surface area contributed by atoms with Crippen molar-refractivity contribution in [3.8, 4) is 5.75 Å². The molecule has 0 bridgehead atoms. The number of carbonyl (C=O) groups is 1. The van der Waals surface area contributed by atoms with Crippen LogP contribution in [0, 0.1) is 6.92 Å². The standard InChI is InChI=1S/C23H24N2O3/c1-16-14-19(15-22(26)24(16)2)28-18-10-12-25(13-11-18)23(27)21-9-5-7-17-6-3-4-8-20(17)21/h3-9,14-15,18H,10-13H2,1-2H3. The Labute approximate surface area is 164 Å². The number of benzene rings is 2. The van der Waals surface area contributed by atoms with E-state index in [1.165, 1.54) is 6.07 Å². The molecule has 1 saturated heterocycles. The normalized spacial score (nSPS) is 15.0. The van der Waals surface area contributed by atoms with Crippen molar-refractivity contribution in [2.24, 2.45) is 7.05 Å². The van der Waals surface area contributed by atoms with Gasteiger partial charge in [-0.25, -0.2) is 0 Å². The summed E-state index contributed by atoms with van der Waals surface area (Å²) in [6, 6.07) is 17.2. The van der Waals surface area contributed by atoms with Crippen LogP contribution in [0.5, 0.6) is 5.75 Å². The molecule has 0 N–H and O–H groups in total. The third kappa shape index (κ3) is 3.52. The zero-order chi connectivity index (χ0) is 19.7. The van der Waals surface area contributed by atoms with E-state index >= 15 is 0 Å². The third-order valence-electron chi connectivity index (χ3n) is 5.53. The number of carbonyl (C=O) groups excluding carboxylic acids is 1. The Morgan fingerprint density at radius 2 is 1.75 bits per heavy atom. The Balaban J connectivity index is 1.44. The van der Waals surface area contributed by atoms with Crippen molar-refractivity contribution in [3.63, 3.8) is 0 Å². The molecule has 144 valence electrons. The summed E-state index contributed by atoms with van der Waals surface area (Å²) in [5.74, 6) is 0.680. The Bertz CT molecular complexity index is 1070. The molecule has 1 aliphatic heterocycles. The molecular formula is C23H24N2O3. The Hall–Kier alpha value is -3.08. The maximum atomic E-state index is 13.0. The van der Waals surface area contributed by atoms with Gasteiger partial charge in [0, 0.05) is 50.3 Å². The first kappa shape index (κ1) is 18.3. The first-order valence-corrected chi connectivity index (χ1v) is 9.64. The van der Waals surface area contributed by atoms with Gasteiger partial charge in [-0.1, -0.05) is 36.4 Å². The zero-order valence-electron chi connectivity index (χ0n) is 16.2. The monoisotopic (exact) mass is 376 g/mol. The highest BCUT2D eigenvalue weighted by atomic mass is 16.5. The number of amides is 1. The molecule has 5 nitrogen and oxygen atoms in total. The molecule has 0 atom stereocenters. The molecule has 0 radical (unpaired) electrons. The van der Waals surface area contributed by atoms with E-state index in [0.717, 1.165) is 34.9 Å². The van der Waals surface area contributed by atoms with Crippen LogP contribution < -0.4 is 10.3 Å². The van der Waals surface area contributed by atoms with Crippen LogP contribution in [0.25, 0.3) is 10.8 Å². The smallest absolute Gasteiger partial charge is 0.254 e. The lowest BCUT2D eigenvalue weighted by Crippen LogP contribution is -2.42. The van der Waals surface area contributed by atoms with Crippen molar-refractivity contribution in [1.82, 2.24) is 9.47 Å². The molecule has 1 aromatic heterocycles. The van der Waals surface area contributed by atoms with Gasteiger partial charge in [-0.3, -0.25) is 9.59 Å². The maximum Gasteiger partial charge on any atom is 0.254 e. The summed E-state index contributed by atoms with van der Waals surface area (Å²) in [7, 11) is 1.75. The van der Waals surface area contributed by atoms with E-state index in [2.05, 4.69) is 0 Å². The first-order valence-electron chi connectivity index (χ1n) is 9.64. The van der Waals surface area contributed by atoms with Crippen LogP contribution in [-0.4, -0.2) is 34.6 Å². The number of aromatic nitrogens is 1. The quantitative estimate of drug-likeness (QED) is 0.703. The van der Waals surface area contributed by atoms with Crippen LogP contribution in [0.1, 0.15) is 28.9 Å². The number of aryl methyl sites for hydroxylation is 1. The second-order valence-corrected chi connectivity index (χ2v) is 7.37. The SMILES string of the molecule is Cc1cc(OC2CCN(C(=O)c3cccc4ccccc34)CC2)cc(=O)n1C. The number of fused-ring (bicyclic) bond motifs is 1. The first-order chi connectivity index (χ1) is 13.5. The number of likely N-dealkylation sites (tertiary alicyclic amines) is 1. The van der Waals surface area contributed by atoms with Crippen molar-refractivity contribution in [1.29, 1.82) is 0 Å². The molecular weight excluding hydrogens is 352 g/mol. The van der Waals surface area contributed by atoms with Gasteiger partial charge in [0.05, 0.1) is 0 Å². The van der Waals surface area contributed by atoms with Gasteiger partial charge in [-0.2, -0.15) is 0 Å². The number of pyridine rings is 1. The summed E-state index contributed by atoms with van der Waals surface area (Å²) in [6.07, 6.45) is 1.53. The van der Waals surface area contributed by atoms with Gasteiger partial charge in [0.15, 0.2) is 0 Å². The van der Waals surface area contributed by atoms with Gasteiger partial charge < -0.3 is 14.2 Å². The van der Waals surface area contributed by atoms with Crippen LogP contribution >= 0.6 is 0 Å². The summed E-state index contributed by atoms with van der Waals surface area (Å²) in [5.41, 5.74) is 1.55. The second-order valence-electron chi connectivity index (χ2n) is 7.37. The summed E-state index contributed by atoms with van der Waals surface area (Å²) < 4.78 is 7.62. The lowest BCUT2D eigenvalue weighted by atomic mass is 10.0. The highest BCUT2D eigenvalue weighted by Crippen LogP contribution is 2.23. The molecule has 3 aromatic rings. The van der Waals surface area contributed by atoms with Crippen LogP contribution in [0.3, 0.4) is 0 Å². The number of rotatable bonds is 3. The molecule has 0 spiro atoms. The van der Waals surface area contributed by atoms with E-state index < -0.39 is 0 Å². The van der Waals surface area contributed by atoms with Gasteiger partial charge in [0.1, 0.15) is 11.9 Å². The number of ether oxygens (including phenoxy) is 1. The van der Waals surface area contributed by atoms with E-state index in [1.54, 1.807) is 11.6 Å². The Kier molecular flexibility index (Phi) is 4.90. The van der Waals surface area contributed by atoms with Gasteiger partial charge in [0.2, 0.25) is 0 Å². The van der Waals surface area contributed by atoms with E-state index in [-0.39, 0.29) is 17.6 Å². The lowest BCUT2D eigenvalue weighted by molar-refractivity contribution is 0.0597. The van der Waals surface area contributed by atoms with Crippen molar-refractivity contribution < 1.29 is 9.53 Å². The molecule has 1 aliphatic rings. The molecule has 4 rings (SSSR count). The van der Waals surface area contributed by atoms with Crippen LogP contribution in [0.4, 0.5) is 0 Å². The molecule has 5 heteroatoms.